The van der Waals surface area contributed by atoms with Crippen LogP contribution in [-0.4, -0.2) is 0 Å². The van der Waals surface area contributed by atoms with Gasteiger partial charge in [0, 0.05) is 0 Å². The highest BCUT2D eigenvalue weighted by Gasteiger charge is 2.11. The van der Waals surface area contributed by atoms with Gasteiger partial charge in [0.05, 0.1) is 12.8 Å². The Morgan fingerprint density at radius 3 is 2.75 bits per heavy atom. The minimum absolute atomic E-state index is 0.114. The molecule has 0 saturated heterocycles. The Bertz CT molecular complexity index is 480. The monoisotopic (exact) mass is 223 g/mol. The molecule has 16 heavy (non-hydrogen) atoms. The molecule has 0 atom stereocenters. The fourth-order valence-corrected chi connectivity index (χ4v) is 1.41. The molecule has 1 aromatic carbocycles. The van der Waals surface area contributed by atoms with Gasteiger partial charge in [-0.05, 0) is 30.7 Å². The molecule has 2 aromatic rings. The highest BCUT2D eigenvalue weighted by molar-refractivity contribution is 5.48. The van der Waals surface area contributed by atoms with Crippen LogP contribution in [0.2, 0.25) is 0 Å². The van der Waals surface area contributed by atoms with Crippen molar-refractivity contribution in [2.45, 2.75) is 13.5 Å². The normalized spacial score (nSPS) is 10.4. The van der Waals surface area contributed by atoms with E-state index in [4.69, 9.17) is 4.42 Å². The number of hydrogen-bond donors (Lipinski definition) is 1. The van der Waals surface area contributed by atoms with Crippen molar-refractivity contribution in [1.29, 1.82) is 0 Å². The minimum Gasteiger partial charge on any atom is -0.467 e. The second kappa shape index (κ2) is 4.35. The van der Waals surface area contributed by atoms with Crippen LogP contribution in [0.5, 0.6) is 0 Å². The first-order valence-corrected chi connectivity index (χ1v) is 4.89. The average Bonchev–Trinajstić information content (AvgIpc) is 2.77. The Kier molecular flexibility index (Phi) is 2.90. The standard InChI is InChI=1S/C12H11F2NO/c1-8-4-5-10(13)12(11(8)14)15-7-9-3-2-6-16-9/h2-6,15H,7H2,1H3. The SMILES string of the molecule is Cc1ccc(F)c(NCc2ccco2)c1F. The molecule has 1 N–H and O–H groups in total. The minimum atomic E-state index is -0.602. The zero-order valence-electron chi connectivity index (χ0n) is 8.76. The van der Waals surface area contributed by atoms with Gasteiger partial charge in [0.1, 0.15) is 17.3 Å². The summed E-state index contributed by atoms with van der Waals surface area (Å²) in [4.78, 5) is 0. The molecular formula is C12H11F2NO. The van der Waals surface area contributed by atoms with Crippen LogP contribution in [0, 0.1) is 18.6 Å². The van der Waals surface area contributed by atoms with Crippen molar-refractivity contribution in [1.82, 2.24) is 0 Å². The zero-order chi connectivity index (χ0) is 11.5. The van der Waals surface area contributed by atoms with E-state index in [1.807, 2.05) is 0 Å². The summed E-state index contributed by atoms with van der Waals surface area (Å²) in [6.45, 7) is 1.84. The van der Waals surface area contributed by atoms with Gasteiger partial charge in [0.15, 0.2) is 5.82 Å². The fourth-order valence-electron chi connectivity index (χ4n) is 1.41. The molecule has 0 amide bonds. The van der Waals surface area contributed by atoms with Gasteiger partial charge in [-0.25, -0.2) is 8.78 Å². The molecule has 0 radical (unpaired) electrons. The van der Waals surface area contributed by atoms with Gasteiger partial charge in [-0.3, -0.25) is 0 Å². The third kappa shape index (κ3) is 2.05. The maximum atomic E-state index is 13.6. The number of anilines is 1. The second-order valence-corrected chi connectivity index (χ2v) is 3.49. The van der Waals surface area contributed by atoms with Crippen LogP contribution >= 0.6 is 0 Å². The largest absolute Gasteiger partial charge is 0.467 e. The van der Waals surface area contributed by atoms with E-state index in [0.717, 1.165) is 0 Å². The number of aryl methyl sites for hydroxylation is 1. The van der Waals surface area contributed by atoms with E-state index in [0.29, 0.717) is 11.3 Å². The summed E-state index contributed by atoms with van der Waals surface area (Å²) in [5.74, 6) is -0.540. The van der Waals surface area contributed by atoms with Crippen molar-refractivity contribution in [3.05, 3.63) is 53.5 Å². The van der Waals surface area contributed by atoms with E-state index in [-0.39, 0.29) is 12.2 Å². The van der Waals surface area contributed by atoms with Crippen molar-refractivity contribution in [2.24, 2.45) is 0 Å². The van der Waals surface area contributed by atoms with E-state index < -0.39 is 11.6 Å². The molecule has 0 aliphatic carbocycles. The summed E-state index contributed by atoms with van der Waals surface area (Å²) in [5, 5.41) is 2.68. The topological polar surface area (TPSA) is 25.2 Å². The number of nitrogens with one attached hydrogen (secondary N) is 1. The van der Waals surface area contributed by atoms with Crippen molar-refractivity contribution in [3.8, 4) is 0 Å². The number of hydrogen-bond acceptors (Lipinski definition) is 2. The molecule has 1 heterocycles. The van der Waals surface area contributed by atoms with Crippen LogP contribution in [0.4, 0.5) is 14.5 Å². The summed E-state index contributed by atoms with van der Waals surface area (Å²) in [6.07, 6.45) is 1.51. The summed E-state index contributed by atoms with van der Waals surface area (Å²) >= 11 is 0. The average molecular weight is 223 g/mol. The van der Waals surface area contributed by atoms with Gasteiger partial charge >= 0.3 is 0 Å². The van der Waals surface area contributed by atoms with Crippen LogP contribution in [0.3, 0.4) is 0 Å². The number of rotatable bonds is 3. The van der Waals surface area contributed by atoms with Crippen molar-refractivity contribution >= 4 is 5.69 Å². The number of halogens is 2. The Morgan fingerprint density at radius 1 is 1.25 bits per heavy atom. The van der Waals surface area contributed by atoms with Crippen molar-refractivity contribution in [2.75, 3.05) is 5.32 Å². The van der Waals surface area contributed by atoms with Gasteiger partial charge < -0.3 is 9.73 Å². The molecule has 0 aliphatic heterocycles. The highest BCUT2D eigenvalue weighted by atomic mass is 19.1. The first kappa shape index (κ1) is 10.7. The van der Waals surface area contributed by atoms with E-state index in [9.17, 15) is 8.78 Å². The lowest BCUT2D eigenvalue weighted by atomic mass is 10.2. The smallest absolute Gasteiger partial charge is 0.152 e. The predicted octanol–water partition coefficient (Wildman–Crippen LogP) is 3.48. The molecule has 0 fully saturated rings. The maximum Gasteiger partial charge on any atom is 0.152 e. The summed E-state index contributed by atoms with van der Waals surface area (Å²) < 4.78 is 31.9. The van der Waals surface area contributed by atoms with E-state index in [1.54, 1.807) is 19.1 Å². The lowest BCUT2D eigenvalue weighted by molar-refractivity contribution is 0.515. The quantitative estimate of drug-likeness (QED) is 0.861. The number of benzene rings is 1. The lowest BCUT2D eigenvalue weighted by Crippen LogP contribution is -2.04. The van der Waals surface area contributed by atoms with E-state index >= 15 is 0 Å². The molecule has 4 heteroatoms. The highest BCUT2D eigenvalue weighted by Crippen LogP contribution is 2.22. The first-order chi connectivity index (χ1) is 7.68. The molecule has 0 bridgehead atoms. The Balaban J connectivity index is 2.18. The van der Waals surface area contributed by atoms with Gasteiger partial charge in [-0.1, -0.05) is 6.07 Å². The van der Waals surface area contributed by atoms with Gasteiger partial charge in [0.25, 0.3) is 0 Å². The Labute approximate surface area is 91.9 Å². The second-order valence-electron chi connectivity index (χ2n) is 3.49. The van der Waals surface area contributed by atoms with Crippen LogP contribution in [0.15, 0.2) is 34.9 Å². The third-order valence-corrected chi connectivity index (χ3v) is 2.30. The van der Waals surface area contributed by atoms with Gasteiger partial charge in [-0.2, -0.15) is 0 Å². The Morgan fingerprint density at radius 2 is 2.06 bits per heavy atom. The van der Waals surface area contributed by atoms with Gasteiger partial charge in [-0.15, -0.1) is 0 Å². The molecular weight excluding hydrogens is 212 g/mol. The molecule has 0 saturated carbocycles. The van der Waals surface area contributed by atoms with Crippen LogP contribution in [0.1, 0.15) is 11.3 Å². The molecule has 2 rings (SSSR count). The molecule has 84 valence electrons. The third-order valence-electron chi connectivity index (χ3n) is 2.30. The fraction of sp³-hybridized carbons (Fsp3) is 0.167. The van der Waals surface area contributed by atoms with Crippen molar-refractivity contribution in [3.63, 3.8) is 0 Å². The number of furan rings is 1. The van der Waals surface area contributed by atoms with Crippen molar-refractivity contribution < 1.29 is 13.2 Å². The molecule has 1 aromatic heterocycles. The van der Waals surface area contributed by atoms with E-state index in [1.165, 1.54) is 18.4 Å². The Hall–Kier alpha value is -1.84. The molecule has 0 aliphatic rings. The lowest BCUT2D eigenvalue weighted by Gasteiger charge is -2.08. The molecule has 0 spiro atoms. The zero-order valence-corrected chi connectivity index (χ0v) is 8.76. The maximum absolute atomic E-state index is 13.6. The summed E-state index contributed by atoms with van der Waals surface area (Å²) in [6, 6.07) is 6.10. The first-order valence-electron chi connectivity index (χ1n) is 4.89. The molecule has 0 unspecified atom stereocenters. The van der Waals surface area contributed by atoms with Crippen LogP contribution in [0.25, 0.3) is 0 Å². The van der Waals surface area contributed by atoms with Crippen LogP contribution in [-0.2, 0) is 6.54 Å². The molecule has 2 nitrogen and oxygen atoms in total. The predicted molar refractivity (Wildman–Crippen MR) is 57.1 cm³/mol. The van der Waals surface area contributed by atoms with E-state index in [2.05, 4.69) is 5.32 Å². The summed E-state index contributed by atoms with van der Waals surface area (Å²) in [5.41, 5.74) is 0.291. The summed E-state index contributed by atoms with van der Waals surface area (Å²) in [7, 11) is 0. The van der Waals surface area contributed by atoms with Gasteiger partial charge in [0.2, 0.25) is 0 Å². The van der Waals surface area contributed by atoms with Crippen LogP contribution < -0.4 is 5.32 Å².